The van der Waals surface area contributed by atoms with Crippen LogP contribution in [0, 0.1) is 6.92 Å². The van der Waals surface area contributed by atoms with Crippen molar-refractivity contribution in [1.29, 1.82) is 0 Å². The second-order valence-electron chi connectivity index (χ2n) is 7.91. The van der Waals surface area contributed by atoms with E-state index in [-0.39, 0.29) is 6.61 Å². The second kappa shape index (κ2) is 12.0. The Hall–Kier alpha value is -4.23. The van der Waals surface area contributed by atoms with Crippen LogP contribution in [0.5, 0.6) is 11.5 Å². The van der Waals surface area contributed by atoms with Gasteiger partial charge in [0.05, 0.1) is 11.8 Å². The highest BCUT2D eigenvalue weighted by Crippen LogP contribution is 2.24. The van der Waals surface area contributed by atoms with Crippen LogP contribution in [-0.4, -0.2) is 24.7 Å². The molecule has 1 N–H and O–H groups in total. The van der Waals surface area contributed by atoms with Crippen LogP contribution in [0.3, 0.4) is 0 Å². The first-order valence-electron chi connectivity index (χ1n) is 11.2. The predicted octanol–water partition coefficient (Wildman–Crippen LogP) is 6.17. The summed E-state index contributed by atoms with van der Waals surface area (Å²) in [5, 5.41) is 3.99. The van der Waals surface area contributed by atoms with Gasteiger partial charge >= 0.3 is 5.97 Å². The number of nitrogens with one attached hydrogen (secondary N) is 1. The highest BCUT2D eigenvalue weighted by atomic mass is 79.9. The average Bonchev–Trinajstić information content (AvgIpc) is 2.90. The summed E-state index contributed by atoms with van der Waals surface area (Å²) in [4.78, 5) is 24.7. The van der Waals surface area contributed by atoms with E-state index < -0.39 is 11.9 Å². The first-order chi connectivity index (χ1) is 17.5. The molecule has 4 rings (SSSR count). The normalized spacial score (nSPS) is 10.7. The lowest BCUT2D eigenvalue weighted by molar-refractivity contribution is -0.123. The molecule has 36 heavy (non-hydrogen) atoms. The number of esters is 1. The second-order valence-corrected chi connectivity index (χ2v) is 8.83. The van der Waals surface area contributed by atoms with Gasteiger partial charge in [-0.2, -0.15) is 5.10 Å². The number of carbonyl (C=O) groups excluding carboxylic acids is 2. The number of benzene rings is 4. The number of amides is 1. The molecule has 0 radical (unpaired) electrons. The Labute approximate surface area is 217 Å². The van der Waals surface area contributed by atoms with Gasteiger partial charge in [0.2, 0.25) is 0 Å². The van der Waals surface area contributed by atoms with Gasteiger partial charge in [0.25, 0.3) is 5.91 Å². The molecule has 0 fully saturated rings. The van der Waals surface area contributed by atoms with E-state index in [0.717, 1.165) is 21.2 Å². The topological polar surface area (TPSA) is 77.0 Å². The summed E-state index contributed by atoms with van der Waals surface area (Å²) < 4.78 is 11.9. The fraction of sp³-hybridized carbons (Fsp3) is 0.0690. The van der Waals surface area contributed by atoms with Crippen molar-refractivity contribution in [1.82, 2.24) is 5.43 Å². The average molecular weight is 543 g/mol. The van der Waals surface area contributed by atoms with E-state index in [1.807, 2.05) is 67.6 Å². The van der Waals surface area contributed by atoms with Crippen molar-refractivity contribution < 1.29 is 19.1 Å². The minimum Gasteiger partial charge on any atom is -0.484 e. The fourth-order valence-corrected chi connectivity index (χ4v) is 3.75. The third-order valence-corrected chi connectivity index (χ3v) is 5.65. The van der Waals surface area contributed by atoms with Gasteiger partial charge in [-0.3, -0.25) is 4.79 Å². The third-order valence-electron chi connectivity index (χ3n) is 5.15. The summed E-state index contributed by atoms with van der Waals surface area (Å²) in [7, 11) is 0. The molecule has 180 valence electrons. The molecular weight excluding hydrogens is 520 g/mol. The molecule has 0 atom stereocenters. The first-order valence-corrected chi connectivity index (χ1v) is 12.0. The molecule has 0 unspecified atom stereocenters. The summed E-state index contributed by atoms with van der Waals surface area (Å²) in [5.74, 6) is -0.0123. The van der Waals surface area contributed by atoms with Crippen molar-refractivity contribution in [3.63, 3.8) is 0 Å². The van der Waals surface area contributed by atoms with Gasteiger partial charge in [-0.15, -0.1) is 0 Å². The Morgan fingerprint density at radius 2 is 1.64 bits per heavy atom. The molecule has 0 bridgehead atoms. The van der Waals surface area contributed by atoms with E-state index >= 15 is 0 Å². The number of rotatable bonds is 8. The van der Waals surface area contributed by atoms with Crippen LogP contribution < -0.4 is 14.9 Å². The Morgan fingerprint density at radius 3 is 2.39 bits per heavy atom. The van der Waals surface area contributed by atoms with Gasteiger partial charge in [0.15, 0.2) is 6.61 Å². The zero-order valence-corrected chi connectivity index (χ0v) is 21.1. The van der Waals surface area contributed by atoms with Crippen molar-refractivity contribution in [3.05, 3.63) is 118 Å². The smallest absolute Gasteiger partial charge is 0.343 e. The zero-order valence-electron chi connectivity index (χ0n) is 19.5. The van der Waals surface area contributed by atoms with E-state index in [2.05, 4.69) is 26.5 Å². The SMILES string of the molecule is Cc1cccc(C(=O)Oc2ccc(Br)cc2C=NNC(=O)COc2ccc(-c3ccccc3)cc2)c1. The quantitative estimate of drug-likeness (QED) is 0.125. The molecular formula is C29H23BrN2O4. The lowest BCUT2D eigenvalue weighted by Gasteiger charge is -2.09. The number of hydrogen-bond donors (Lipinski definition) is 1. The number of ether oxygens (including phenoxy) is 2. The Bertz CT molecular complexity index is 1390. The molecule has 6 nitrogen and oxygen atoms in total. The van der Waals surface area contributed by atoms with E-state index in [0.29, 0.717) is 22.6 Å². The zero-order chi connectivity index (χ0) is 25.3. The summed E-state index contributed by atoms with van der Waals surface area (Å²) >= 11 is 3.40. The van der Waals surface area contributed by atoms with Crippen LogP contribution in [0.4, 0.5) is 0 Å². The molecule has 0 heterocycles. The van der Waals surface area contributed by atoms with Crippen molar-refractivity contribution in [2.45, 2.75) is 6.92 Å². The van der Waals surface area contributed by atoms with Gasteiger partial charge < -0.3 is 9.47 Å². The summed E-state index contributed by atoms with van der Waals surface area (Å²) in [6.45, 7) is 1.70. The van der Waals surface area contributed by atoms with E-state index in [1.54, 1.807) is 36.4 Å². The van der Waals surface area contributed by atoms with E-state index in [1.165, 1.54) is 6.21 Å². The highest BCUT2D eigenvalue weighted by Gasteiger charge is 2.12. The minimum atomic E-state index is -0.480. The molecule has 0 saturated carbocycles. The van der Waals surface area contributed by atoms with Gasteiger partial charge in [-0.1, -0.05) is 76.1 Å². The van der Waals surface area contributed by atoms with E-state index in [9.17, 15) is 9.59 Å². The van der Waals surface area contributed by atoms with Crippen LogP contribution >= 0.6 is 15.9 Å². The third kappa shape index (κ3) is 6.90. The summed E-state index contributed by atoms with van der Waals surface area (Å²) in [5.41, 5.74) is 6.51. The molecule has 0 aromatic heterocycles. The first kappa shape index (κ1) is 24.9. The largest absolute Gasteiger partial charge is 0.484 e. The fourth-order valence-electron chi connectivity index (χ4n) is 3.37. The van der Waals surface area contributed by atoms with Crippen LogP contribution in [0.1, 0.15) is 21.5 Å². The predicted molar refractivity (Wildman–Crippen MR) is 143 cm³/mol. The van der Waals surface area contributed by atoms with Gasteiger partial charge in [-0.25, -0.2) is 10.2 Å². The maximum atomic E-state index is 12.5. The molecule has 0 saturated heterocycles. The molecule has 1 amide bonds. The van der Waals surface area contributed by atoms with Crippen molar-refractivity contribution in [2.75, 3.05) is 6.61 Å². The summed E-state index contributed by atoms with van der Waals surface area (Å²) in [6, 6.07) is 29.8. The molecule has 0 aliphatic carbocycles. The summed E-state index contributed by atoms with van der Waals surface area (Å²) in [6.07, 6.45) is 1.41. The van der Waals surface area contributed by atoms with Crippen LogP contribution in [0.15, 0.2) is 107 Å². The minimum absolute atomic E-state index is 0.199. The number of hydrogen-bond acceptors (Lipinski definition) is 5. The maximum absolute atomic E-state index is 12.5. The molecule has 7 heteroatoms. The number of hydrazone groups is 1. The Kier molecular flexibility index (Phi) is 8.26. The van der Waals surface area contributed by atoms with Crippen molar-refractivity contribution in [3.8, 4) is 22.6 Å². The lowest BCUT2D eigenvalue weighted by atomic mass is 10.1. The maximum Gasteiger partial charge on any atom is 0.343 e. The Morgan fingerprint density at radius 1 is 0.889 bits per heavy atom. The lowest BCUT2D eigenvalue weighted by Crippen LogP contribution is -2.24. The van der Waals surface area contributed by atoms with Crippen molar-refractivity contribution >= 4 is 34.0 Å². The van der Waals surface area contributed by atoms with Gasteiger partial charge in [-0.05, 0) is 60.5 Å². The molecule has 0 spiro atoms. The Balaban J connectivity index is 1.33. The van der Waals surface area contributed by atoms with Gasteiger partial charge in [0.1, 0.15) is 11.5 Å². The van der Waals surface area contributed by atoms with Crippen molar-refractivity contribution in [2.24, 2.45) is 5.10 Å². The van der Waals surface area contributed by atoms with Crippen LogP contribution in [0.2, 0.25) is 0 Å². The van der Waals surface area contributed by atoms with Crippen LogP contribution in [-0.2, 0) is 4.79 Å². The van der Waals surface area contributed by atoms with Gasteiger partial charge in [0, 0.05) is 10.0 Å². The number of aryl methyl sites for hydroxylation is 1. The standard InChI is InChI=1S/C29H23BrN2O4/c1-20-6-5-9-23(16-20)29(34)36-27-15-12-25(30)17-24(27)18-31-32-28(33)19-35-26-13-10-22(11-14-26)21-7-3-2-4-8-21/h2-18H,19H2,1H3,(H,32,33). The molecule has 4 aromatic rings. The molecule has 0 aliphatic heterocycles. The van der Waals surface area contributed by atoms with E-state index in [4.69, 9.17) is 9.47 Å². The monoisotopic (exact) mass is 542 g/mol. The van der Waals surface area contributed by atoms with Crippen LogP contribution in [0.25, 0.3) is 11.1 Å². The molecule has 4 aromatic carbocycles. The molecule has 0 aliphatic rings. The number of carbonyl (C=O) groups is 2. The number of nitrogens with zero attached hydrogens (tertiary/aromatic N) is 1. The number of halogens is 1. The highest BCUT2D eigenvalue weighted by molar-refractivity contribution is 9.10.